The molecule has 0 aliphatic heterocycles. The first-order chi connectivity index (χ1) is 6.20. The maximum absolute atomic E-state index is 5.90. The molecule has 0 saturated heterocycles. The summed E-state index contributed by atoms with van der Waals surface area (Å²) in [5.41, 5.74) is 17.4. The fraction of sp³-hybridized carbons (Fsp3) is 0.600. The second kappa shape index (κ2) is 4.80. The average Bonchev–Trinajstić information content (AvgIpc) is 2.15. The van der Waals surface area contributed by atoms with Crippen LogP contribution in [0.4, 0.5) is 0 Å². The zero-order chi connectivity index (χ0) is 9.68. The van der Waals surface area contributed by atoms with E-state index < -0.39 is 0 Å². The first kappa shape index (κ1) is 9.96. The van der Waals surface area contributed by atoms with E-state index >= 15 is 0 Å². The zero-order valence-electron chi connectivity index (χ0n) is 8.00. The largest absolute Gasteiger partial charge is 0.402 e. The zero-order valence-corrected chi connectivity index (χ0v) is 8.00. The highest BCUT2D eigenvalue weighted by atomic mass is 14.8. The molecule has 0 bridgehead atoms. The van der Waals surface area contributed by atoms with Gasteiger partial charge in [-0.1, -0.05) is 19.3 Å². The molecule has 1 saturated carbocycles. The van der Waals surface area contributed by atoms with Crippen LogP contribution in [0.25, 0.3) is 0 Å². The van der Waals surface area contributed by atoms with E-state index in [0.29, 0.717) is 11.7 Å². The van der Waals surface area contributed by atoms with Gasteiger partial charge in [-0.3, -0.25) is 0 Å². The van der Waals surface area contributed by atoms with Crippen molar-refractivity contribution < 1.29 is 0 Å². The van der Waals surface area contributed by atoms with Crippen molar-refractivity contribution in [3.63, 3.8) is 0 Å². The van der Waals surface area contributed by atoms with Crippen molar-refractivity contribution in [3.8, 4) is 0 Å². The van der Waals surface area contributed by atoms with E-state index in [-0.39, 0.29) is 0 Å². The molecular formula is C10H19N3. The molecule has 0 atom stereocenters. The summed E-state index contributed by atoms with van der Waals surface area (Å²) in [5.74, 6) is 0.864. The first-order valence-electron chi connectivity index (χ1n) is 4.88. The maximum atomic E-state index is 5.90. The fourth-order valence-electron chi connectivity index (χ4n) is 1.76. The minimum Gasteiger partial charge on any atom is -0.402 e. The predicted octanol–water partition coefficient (Wildman–Crippen LogP) is 1.17. The van der Waals surface area contributed by atoms with Crippen molar-refractivity contribution in [1.82, 2.24) is 0 Å². The molecule has 1 fully saturated rings. The highest BCUT2D eigenvalue weighted by Crippen LogP contribution is 2.27. The van der Waals surface area contributed by atoms with Gasteiger partial charge in [-0.25, -0.2) is 0 Å². The number of hydrogen-bond acceptors (Lipinski definition) is 3. The molecule has 1 rings (SSSR count). The number of allylic oxidation sites excluding steroid dienone is 3. The summed E-state index contributed by atoms with van der Waals surface area (Å²) in [6.07, 6.45) is 9.86. The minimum atomic E-state index is 0.318. The second-order valence-electron chi connectivity index (χ2n) is 3.67. The quantitative estimate of drug-likeness (QED) is 0.559. The molecule has 74 valence electrons. The second-order valence-corrected chi connectivity index (χ2v) is 3.67. The standard InChI is InChI=1S/C10H19N3/c11-9(6-7-10(12)13)8-4-2-1-3-5-8/h6-8H,1-5,11-13H2/b9-6-. The van der Waals surface area contributed by atoms with Crippen LogP contribution in [-0.4, -0.2) is 0 Å². The summed E-state index contributed by atoms with van der Waals surface area (Å²) in [4.78, 5) is 0. The maximum Gasteiger partial charge on any atom is 0.0934 e. The Labute approximate surface area is 79.7 Å². The van der Waals surface area contributed by atoms with E-state index in [1.54, 1.807) is 6.08 Å². The van der Waals surface area contributed by atoms with Gasteiger partial charge in [0.05, 0.1) is 5.82 Å². The van der Waals surface area contributed by atoms with Crippen LogP contribution in [-0.2, 0) is 0 Å². The van der Waals surface area contributed by atoms with E-state index in [9.17, 15) is 0 Å². The van der Waals surface area contributed by atoms with Gasteiger partial charge >= 0.3 is 0 Å². The molecule has 0 aromatic carbocycles. The van der Waals surface area contributed by atoms with Crippen molar-refractivity contribution in [2.75, 3.05) is 0 Å². The Bertz CT molecular complexity index is 208. The number of nitrogens with two attached hydrogens (primary N) is 3. The van der Waals surface area contributed by atoms with Crippen LogP contribution in [0.15, 0.2) is 23.7 Å². The van der Waals surface area contributed by atoms with Gasteiger partial charge in [0.25, 0.3) is 0 Å². The topological polar surface area (TPSA) is 78.1 Å². The summed E-state index contributed by atoms with van der Waals surface area (Å²) >= 11 is 0. The number of hydrogen-bond donors (Lipinski definition) is 3. The summed E-state index contributed by atoms with van der Waals surface area (Å²) < 4.78 is 0. The molecule has 3 heteroatoms. The molecule has 0 unspecified atom stereocenters. The summed E-state index contributed by atoms with van der Waals surface area (Å²) in [5, 5.41) is 0. The van der Waals surface area contributed by atoms with Gasteiger partial charge in [-0.2, -0.15) is 0 Å². The van der Waals surface area contributed by atoms with Crippen LogP contribution < -0.4 is 17.2 Å². The third kappa shape index (κ3) is 3.40. The molecule has 0 radical (unpaired) electrons. The van der Waals surface area contributed by atoms with E-state index in [0.717, 1.165) is 5.70 Å². The Morgan fingerprint density at radius 2 is 1.54 bits per heavy atom. The monoisotopic (exact) mass is 181 g/mol. The van der Waals surface area contributed by atoms with Gasteiger partial charge in [-0.15, -0.1) is 0 Å². The van der Waals surface area contributed by atoms with Crippen LogP contribution in [0.3, 0.4) is 0 Å². The van der Waals surface area contributed by atoms with Crippen molar-refractivity contribution >= 4 is 0 Å². The molecule has 1 aliphatic carbocycles. The summed E-state index contributed by atoms with van der Waals surface area (Å²) in [7, 11) is 0. The molecular weight excluding hydrogens is 162 g/mol. The van der Waals surface area contributed by atoms with Gasteiger partial charge in [-0.05, 0) is 30.9 Å². The number of rotatable bonds is 2. The van der Waals surface area contributed by atoms with Crippen molar-refractivity contribution in [2.45, 2.75) is 32.1 Å². The first-order valence-corrected chi connectivity index (χ1v) is 4.88. The van der Waals surface area contributed by atoms with Crippen molar-refractivity contribution in [2.24, 2.45) is 23.1 Å². The molecule has 13 heavy (non-hydrogen) atoms. The third-order valence-corrected chi connectivity index (χ3v) is 2.54. The van der Waals surface area contributed by atoms with Gasteiger partial charge in [0, 0.05) is 5.70 Å². The molecule has 1 aliphatic rings. The fourth-order valence-corrected chi connectivity index (χ4v) is 1.76. The van der Waals surface area contributed by atoms with Crippen LogP contribution in [0.1, 0.15) is 32.1 Å². The normalized spacial score (nSPS) is 19.8. The van der Waals surface area contributed by atoms with E-state index in [4.69, 9.17) is 17.2 Å². The van der Waals surface area contributed by atoms with Crippen LogP contribution in [0, 0.1) is 5.92 Å². The summed E-state index contributed by atoms with van der Waals surface area (Å²) in [6.45, 7) is 0. The van der Waals surface area contributed by atoms with E-state index in [2.05, 4.69) is 0 Å². The lowest BCUT2D eigenvalue weighted by atomic mass is 9.87. The Morgan fingerprint density at radius 3 is 2.08 bits per heavy atom. The van der Waals surface area contributed by atoms with Crippen LogP contribution >= 0.6 is 0 Å². The van der Waals surface area contributed by atoms with Crippen LogP contribution in [0.2, 0.25) is 0 Å². The lowest BCUT2D eigenvalue weighted by molar-refractivity contribution is 0.400. The molecule has 0 heterocycles. The van der Waals surface area contributed by atoms with Gasteiger partial charge in [0.15, 0.2) is 0 Å². The Morgan fingerprint density at radius 1 is 0.923 bits per heavy atom. The SMILES string of the molecule is NC(N)=C/C=C(\N)C1CCCCC1. The highest BCUT2D eigenvalue weighted by molar-refractivity contribution is 5.14. The van der Waals surface area contributed by atoms with E-state index in [1.807, 2.05) is 6.08 Å². The third-order valence-electron chi connectivity index (χ3n) is 2.54. The lowest BCUT2D eigenvalue weighted by Crippen LogP contribution is -2.15. The minimum absolute atomic E-state index is 0.318. The molecule has 3 nitrogen and oxygen atoms in total. The highest BCUT2D eigenvalue weighted by Gasteiger charge is 2.14. The van der Waals surface area contributed by atoms with E-state index in [1.165, 1.54) is 32.1 Å². The molecule has 0 aromatic heterocycles. The Kier molecular flexibility index (Phi) is 3.68. The van der Waals surface area contributed by atoms with Crippen molar-refractivity contribution in [3.05, 3.63) is 23.7 Å². The van der Waals surface area contributed by atoms with Gasteiger partial charge < -0.3 is 17.2 Å². The average molecular weight is 181 g/mol. The molecule has 0 amide bonds. The Hall–Kier alpha value is -1.12. The Balaban J connectivity index is 2.49. The molecule has 0 spiro atoms. The predicted molar refractivity (Wildman–Crippen MR) is 55.3 cm³/mol. The molecule has 0 aromatic rings. The van der Waals surface area contributed by atoms with Crippen molar-refractivity contribution in [1.29, 1.82) is 0 Å². The van der Waals surface area contributed by atoms with Gasteiger partial charge in [0.2, 0.25) is 0 Å². The smallest absolute Gasteiger partial charge is 0.0934 e. The lowest BCUT2D eigenvalue weighted by Gasteiger charge is -2.21. The molecule has 6 N–H and O–H groups in total. The summed E-state index contributed by atoms with van der Waals surface area (Å²) in [6, 6.07) is 0. The van der Waals surface area contributed by atoms with Crippen LogP contribution in [0.5, 0.6) is 0 Å². The van der Waals surface area contributed by atoms with Gasteiger partial charge in [0.1, 0.15) is 0 Å².